The van der Waals surface area contributed by atoms with Crippen LogP contribution in [0.4, 0.5) is 0 Å². The van der Waals surface area contributed by atoms with Crippen molar-refractivity contribution in [3.8, 4) is 0 Å². The Balaban J connectivity index is 3.93. The molecule has 0 aromatic carbocycles. The maximum absolute atomic E-state index is 11.7. The third kappa shape index (κ3) is 6.43. The number of ether oxygens (including phenoxy) is 2. The van der Waals surface area contributed by atoms with Gasteiger partial charge in [0.05, 0.1) is 13.2 Å². The van der Waals surface area contributed by atoms with E-state index in [1.165, 1.54) is 0 Å². The lowest BCUT2D eigenvalue weighted by atomic mass is 10.3. The van der Waals surface area contributed by atoms with E-state index in [0.29, 0.717) is 26.3 Å². The van der Waals surface area contributed by atoms with Gasteiger partial charge in [-0.25, -0.2) is 0 Å². The molecule has 0 rings (SSSR count). The zero-order chi connectivity index (χ0) is 11.7. The zero-order valence-corrected chi connectivity index (χ0v) is 9.86. The molecule has 5 nitrogen and oxygen atoms in total. The van der Waals surface area contributed by atoms with Crippen molar-refractivity contribution in [2.45, 2.75) is 19.9 Å². The van der Waals surface area contributed by atoms with Gasteiger partial charge in [0.1, 0.15) is 6.61 Å². The molecule has 0 aliphatic rings. The number of hydrogen-bond acceptors (Lipinski definition) is 4. The van der Waals surface area contributed by atoms with Crippen LogP contribution < -0.4 is 5.73 Å². The summed E-state index contributed by atoms with van der Waals surface area (Å²) in [5.41, 5.74) is 5.26. The fourth-order valence-corrected chi connectivity index (χ4v) is 1.19. The van der Waals surface area contributed by atoms with Crippen LogP contribution >= 0.6 is 0 Å². The quantitative estimate of drug-likeness (QED) is 0.575. The highest BCUT2D eigenvalue weighted by Gasteiger charge is 2.16. The van der Waals surface area contributed by atoms with Crippen LogP contribution in [0.15, 0.2) is 0 Å². The summed E-state index contributed by atoms with van der Waals surface area (Å²) < 4.78 is 10.0. The zero-order valence-electron chi connectivity index (χ0n) is 9.86. The van der Waals surface area contributed by atoms with Crippen molar-refractivity contribution in [1.82, 2.24) is 4.90 Å². The minimum atomic E-state index is -0.0181. The van der Waals surface area contributed by atoms with Gasteiger partial charge >= 0.3 is 0 Å². The molecular formula is C10H22N2O3. The van der Waals surface area contributed by atoms with E-state index in [1.54, 1.807) is 12.0 Å². The molecule has 2 N–H and O–H groups in total. The number of nitrogens with two attached hydrogens (primary N) is 1. The van der Waals surface area contributed by atoms with Gasteiger partial charge in [-0.3, -0.25) is 4.79 Å². The second-order valence-electron chi connectivity index (χ2n) is 3.51. The van der Waals surface area contributed by atoms with Crippen molar-refractivity contribution < 1.29 is 14.3 Å². The molecule has 0 unspecified atom stereocenters. The second-order valence-corrected chi connectivity index (χ2v) is 3.51. The standard InChI is InChI=1S/C10H22N2O3/c1-9(2)12(5-7-14-3)10(13)8-15-6-4-11/h9H,4-8,11H2,1-3H3. The molecule has 0 saturated heterocycles. The van der Waals surface area contributed by atoms with Gasteiger partial charge in [0.25, 0.3) is 0 Å². The van der Waals surface area contributed by atoms with Crippen LogP contribution in [0.1, 0.15) is 13.8 Å². The van der Waals surface area contributed by atoms with Crippen LogP contribution in [0, 0.1) is 0 Å². The van der Waals surface area contributed by atoms with E-state index >= 15 is 0 Å². The van der Waals surface area contributed by atoms with Gasteiger partial charge in [-0.15, -0.1) is 0 Å². The topological polar surface area (TPSA) is 64.8 Å². The first kappa shape index (κ1) is 14.3. The van der Waals surface area contributed by atoms with Crippen LogP contribution in [0.3, 0.4) is 0 Å². The fourth-order valence-electron chi connectivity index (χ4n) is 1.19. The molecule has 0 bridgehead atoms. The molecule has 15 heavy (non-hydrogen) atoms. The monoisotopic (exact) mass is 218 g/mol. The van der Waals surface area contributed by atoms with Crippen LogP contribution in [0.5, 0.6) is 0 Å². The fraction of sp³-hybridized carbons (Fsp3) is 0.900. The van der Waals surface area contributed by atoms with Gasteiger partial charge in [-0.05, 0) is 13.8 Å². The first-order valence-electron chi connectivity index (χ1n) is 5.19. The van der Waals surface area contributed by atoms with Crippen LogP contribution in [0.25, 0.3) is 0 Å². The average molecular weight is 218 g/mol. The number of nitrogens with zero attached hydrogens (tertiary/aromatic N) is 1. The Morgan fingerprint density at radius 1 is 1.40 bits per heavy atom. The predicted molar refractivity (Wildman–Crippen MR) is 58.6 cm³/mol. The van der Waals surface area contributed by atoms with E-state index in [9.17, 15) is 4.79 Å². The highest BCUT2D eigenvalue weighted by atomic mass is 16.5. The van der Waals surface area contributed by atoms with Crippen LogP contribution in [-0.4, -0.2) is 56.9 Å². The Hall–Kier alpha value is -0.650. The van der Waals surface area contributed by atoms with E-state index < -0.39 is 0 Å². The van der Waals surface area contributed by atoms with Crippen molar-refractivity contribution in [3.05, 3.63) is 0 Å². The predicted octanol–water partition coefficient (Wildman–Crippen LogP) is -0.155. The smallest absolute Gasteiger partial charge is 0.248 e. The molecule has 0 radical (unpaired) electrons. The maximum atomic E-state index is 11.7. The summed E-state index contributed by atoms with van der Waals surface area (Å²) in [6.07, 6.45) is 0. The number of carbonyl (C=O) groups excluding carboxylic acids is 1. The highest BCUT2D eigenvalue weighted by Crippen LogP contribution is 1.99. The second kappa shape index (κ2) is 8.64. The van der Waals surface area contributed by atoms with E-state index in [4.69, 9.17) is 15.2 Å². The lowest BCUT2D eigenvalue weighted by Crippen LogP contribution is -2.41. The molecule has 0 aliphatic heterocycles. The summed E-state index contributed by atoms with van der Waals surface area (Å²) in [4.78, 5) is 13.4. The minimum Gasteiger partial charge on any atom is -0.383 e. The van der Waals surface area contributed by atoms with Gasteiger partial charge in [0.15, 0.2) is 0 Å². The van der Waals surface area contributed by atoms with Crippen molar-refractivity contribution in [2.24, 2.45) is 5.73 Å². The minimum absolute atomic E-state index is 0.0181. The highest BCUT2D eigenvalue weighted by molar-refractivity contribution is 5.77. The molecule has 0 heterocycles. The van der Waals surface area contributed by atoms with Gasteiger partial charge in [-0.2, -0.15) is 0 Å². The van der Waals surface area contributed by atoms with Gasteiger partial charge in [0.2, 0.25) is 5.91 Å². The Morgan fingerprint density at radius 3 is 2.53 bits per heavy atom. The summed E-state index contributed by atoms with van der Waals surface area (Å²) in [6.45, 7) is 6.03. The third-order valence-corrected chi connectivity index (χ3v) is 1.97. The van der Waals surface area contributed by atoms with Crippen molar-refractivity contribution >= 4 is 5.91 Å². The molecule has 0 atom stereocenters. The molecule has 0 saturated carbocycles. The lowest BCUT2D eigenvalue weighted by molar-refractivity contribution is -0.138. The number of hydrogen-bond donors (Lipinski definition) is 1. The SMILES string of the molecule is COCCN(C(=O)COCCN)C(C)C. The number of carbonyl (C=O) groups is 1. The molecule has 0 spiro atoms. The molecule has 5 heteroatoms. The Bertz CT molecular complexity index is 174. The normalized spacial score (nSPS) is 10.7. The molecule has 90 valence electrons. The van der Waals surface area contributed by atoms with Crippen LogP contribution in [-0.2, 0) is 14.3 Å². The van der Waals surface area contributed by atoms with E-state index in [-0.39, 0.29) is 18.6 Å². The van der Waals surface area contributed by atoms with Crippen LogP contribution in [0.2, 0.25) is 0 Å². The first-order valence-corrected chi connectivity index (χ1v) is 5.19. The van der Waals surface area contributed by atoms with Crippen molar-refractivity contribution in [2.75, 3.05) is 40.0 Å². The van der Waals surface area contributed by atoms with E-state index in [0.717, 1.165) is 0 Å². The summed E-state index contributed by atoms with van der Waals surface area (Å²) in [6, 6.07) is 0.161. The summed E-state index contributed by atoms with van der Waals surface area (Å²) in [7, 11) is 1.62. The third-order valence-electron chi connectivity index (χ3n) is 1.97. The Morgan fingerprint density at radius 2 is 2.07 bits per heavy atom. The Labute approximate surface area is 91.5 Å². The molecular weight excluding hydrogens is 196 g/mol. The van der Waals surface area contributed by atoms with Crippen molar-refractivity contribution in [3.63, 3.8) is 0 Å². The molecule has 0 aromatic heterocycles. The number of rotatable bonds is 8. The van der Waals surface area contributed by atoms with Crippen molar-refractivity contribution in [1.29, 1.82) is 0 Å². The summed E-state index contributed by atoms with van der Waals surface area (Å²) in [5.74, 6) is -0.0181. The van der Waals surface area contributed by atoms with Gasteiger partial charge in [0, 0.05) is 26.2 Å². The number of amides is 1. The molecule has 1 amide bonds. The van der Waals surface area contributed by atoms with E-state index in [2.05, 4.69) is 0 Å². The molecule has 0 aromatic rings. The molecule has 0 aliphatic carbocycles. The number of methoxy groups -OCH3 is 1. The average Bonchev–Trinajstić information content (AvgIpc) is 2.18. The summed E-state index contributed by atoms with van der Waals surface area (Å²) >= 11 is 0. The largest absolute Gasteiger partial charge is 0.383 e. The lowest BCUT2D eigenvalue weighted by Gasteiger charge is -2.26. The van der Waals surface area contributed by atoms with Gasteiger partial charge in [-0.1, -0.05) is 0 Å². The van der Waals surface area contributed by atoms with E-state index in [1.807, 2.05) is 13.8 Å². The molecule has 0 fully saturated rings. The summed E-state index contributed by atoms with van der Waals surface area (Å²) in [5, 5.41) is 0. The van der Waals surface area contributed by atoms with Gasteiger partial charge < -0.3 is 20.1 Å². The maximum Gasteiger partial charge on any atom is 0.248 e. The first-order chi connectivity index (χ1) is 7.13. The Kier molecular flexibility index (Phi) is 8.27.